The molecule has 0 radical (unpaired) electrons. The van der Waals surface area contributed by atoms with Gasteiger partial charge in [0.15, 0.2) is 0 Å². The lowest BCUT2D eigenvalue weighted by Gasteiger charge is -2.22. The minimum Gasteiger partial charge on any atom is -0.465 e. The van der Waals surface area contributed by atoms with Crippen molar-refractivity contribution in [1.82, 2.24) is 15.5 Å². The molecule has 6 nitrogen and oxygen atoms in total. The van der Waals surface area contributed by atoms with E-state index >= 15 is 0 Å². The number of hydrogen-bond acceptors (Lipinski definition) is 4. The number of carboxylic acid groups (broad SMARTS) is 1. The van der Waals surface area contributed by atoms with Gasteiger partial charge in [-0.1, -0.05) is 0 Å². The largest absolute Gasteiger partial charge is 0.465 e. The van der Waals surface area contributed by atoms with Crippen molar-refractivity contribution in [2.24, 2.45) is 0 Å². The maximum Gasteiger partial charge on any atom is 0.405 e. The molecule has 1 amide bonds. The molecule has 1 aromatic rings. The first kappa shape index (κ1) is 10.9. The fourth-order valence-electron chi connectivity index (χ4n) is 1.55. The van der Waals surface area contributed by atoms with Crippen molar-refractivity contribution in [2.45, 2.75) is 44.6 Å². The van der Waals surface area contributed by atoms with Crippen LogP contribution in [0.5, 0.6) is 0 Å². The summed E-state index contributed by atoms with van der Waals surface area (Å²) < 4.78 is 5.47. The molecule has 0 aromatic carbocycles. The summed E-state index contributed by atoms with van der Waals surface area (Å²) in [5.74, 6) is 1.60. The molecule has 88 valence electrons. The standard InChI is InChI=1S/C10H15N3O3/c1-10(2,11-9(14)15)5-7-12-13-8(16-7)6-3-4-6/h6,11H,3-5H2,1-2H3,(H,14,15). The highest BCUT2D eigenvalue weighted by atomic mass is 16.4. The van der Waals surface area contributed by atoms with Crippen LogP contribution in [0, 0.1) is 0 Å². The smallest absolute Gasteiger partial charge is 0.405 e. The molecule has 0 unspecified atom stereocenters. The molecule has 2 N–H and O–H groups in total. The summed E-state index contributed by atoms with van der Waals surface area (Å²) in [6.07, 6.45) is 1.57. The molecule has 2 rings (SSSR count). The third-order valence-corrected chi connectivity index (χ3v) is 2.45. The Morgan fingerprint density at radius 1 is 1.56 bits per heavy atom. The molecule has 1 heterocycles. The van der Waals surface area contributed by atoms with Crippen molar-refractivity contribution in [3.05, 3.63) is 11.8 Å². The van der Waals surface area contributed by atoms with Crippen LogP contribution in [0.2, 0.25) is 0 Å². The summed E-state index contributed by atoms with van der Waals surface area (Å²) in [5, 5.41) is 18.9. The van der Waals surface area contributed by atoms with Crippen LogP contribution in [0.15, 0.2) is 4.42 Å². The average molecular weight is 225 g/mol. The Bertz CT molecular complexity index is 396. The Hall–Kier alpha value is -1.59. The van der Waals surface area contributed by atoms with Crippen LogP contribution < -0.4 is 5.32 Å². The van der Waals surface area contributed by atoms with Crippen molar-refractivity contribution in [2.75, 3.05) is 0 Å². The Balaban J connectivity index is 1.98. The second kappa shape index (κ2) is 3.77. The number of nitrogens with zero attached hydrogens (tertiary/aromatic N) is 2. The van der Waals surface area contributed by atoms with Gasteiger partial charge in [-0.2, -0.15) is 0 Å². The maximum atomic E-state index is 10.6. The Morgan fingerprint density at radius 2 is 2.25 bits per heavy atom. The van der Waals surface area contributed by atoms with Gasteiger partial charge in [0.2, 0.25) is 11.8 Å². The third-order valence-electron chi connectivity index (χ3n) is 2.45. The van der Waals surface area contributed by atoms with E-state index in [2.05, 4.69) is 15.5 Å². The molecule has 0 spiro atoms. The number of nitrogens with one attached hydrogen (secondary N) is 1. The lowest BCUT2D eigenvalue weighted by Crippen LogP contribution is -2.44. The van der Waals surface area contributed by atoms with Crippen LogP contribution in [0.1, 0.15) is 44.4 Å². The van der Waals surface area contributed by atoms with Crippen LogP contribution in [0.25, 0.3) is 0 Å². The molecule has 1 fully saturated rings. The highest BCUT2D eigenvalue weighted by Crippen LogP contribution is 2.39. The highest BCUT2D eigenvalue weighted by Gasteiger charge is 2.30. The van der Waals surface area contributed by atoms with Gasteiger partial charge in [0.1, 0.15) is 0 Å². The van der Waals surface area contributed by atoms with Gasteiger partial charge in [-0.3, -0.25) is 0 Å². The van der Waals surface area contributed by atoms with E-state index in [9.17, 15) is 4.79 Å². The summed E-state index contributed by atoms with van der Waals surface area (Å²) in [6.45, 7) is 3.56. The zero-order valence-electron chi connectivity index (χ0n) is 9.36. The van der Waals surface area contributed by atoms with E-state index in [1.165, 1.54) is 0 Å². The molecule has 0 aliphatic heterocycles. The fraction of sp³-hybridized carbons (Fsp3) is 0.700. The quantitative estimate of drug-likeness (QED) is 0.811. The van der Waals surface area contributed by atoms with Gasteiger partial charge >= 0.3 is 6.09 Å². The topological polar surface area (TPSA) is 88.3 Å². The van der Waals surface area contributed by atoms with E-state index in [1.54, 1.807) is 13.8 Å². The SMILES string of the molecule is CC(C)(Cc1nnc(C2CC2)o1)NC(=O)O. The number of rotatable bonds is 4. The van der Waals surface area contributed by atoms with Crippen LogP contribution in [-0.4, -0.2) is 26.9 Å². The van der Waals surface area contributed by atoms with Crippen molar-refractivity contribution in [1.29, 1.82) is 0 Å². The summed E-state index contributed by atoms with van der Waals surface area (Å²) >= 11 is 0. The zero-order valence-corrected chi connectivity index (χ0v) is 9.36. The second-order valence-corrected chi connectivity index (χ2v) is 4.80. The molecule has 1 saturated carbocycles. The van der Waals surface area contributed by atoms with Gasteiger partial charge in [-0.15, -0.1) is 10.2 Å². The first-order valence-corrected chi connectivity index (χ1v) is 5.30. The van der Waals surface area contributed by atoms with Crippen molar-refractivity contribution in [3.8, 4) is 0 Å². The normalized spacial score (nSPS) is 16.1. The van der Waals surface area contributed by atoms with E-state index in [0.29, 0.717) is 24.1 Å². The lowest BCUT2D eigenvalue weighted by molar-refractivity contribution is 0.180. The Morgan fingerprint density at radius 3 is 2.81 bits per heavy atom. The van der Waals surface area contributed by atoms with Crippen LogP contribution in [0.3, 0.4) is 0 Å². The Kier molecular flexibility index (Phi) is 2.57. The van der Waals surface area contributed by atoms with E-state index in [0.717, 1.165) is 12.8 Å². The van der Waals surface area contributed by atoms with E-state index in [1.807, 2.05) is 0 Å². The monoisotopic (exact) mass is 225 g/mol. The van der Waals surface area contributed by atoms with Gasteiger partial charge in [-0.05, 0) is 26.7 Å². The van der Waals surface area contributed by atoms with Gasteiger partial charge in [0.05, 0.1) is 0 Å². The van der Waals surface area contributed by atoms with Crippen molar-refractivity contribution in [3.63, 3.8) is 0 Å². The molecule has 16 heavy (non-hydrogen) atoms. The second-order valence-electron chi connectivity index (χ2n) is 4.80. The molecular weight excluding hydrogens is 210 g/mol. The molecule has 0 bridgehead atoms. The summed E-state index contributed by atoms with van der Waals surface area (Å²) in [5.41, 5.74) is -0.598. The third kappa shape index (κ3) is 2.71. The summed E-state index contributed by atoms with van der Waals surface area (Å²) in [4.78, 5) is 10.6. The predicted octanol–water partition coefficient (Wildman–Crippen LogP) is 1.54. The Labute approximate surface area is 93.1 Å². The van der Waals surface area contributed by atoms with Crippen LogP contribution in [0.4, 0.5) is 4.79 Å². The lowest BCUT2D eigenvalue weighted by atomic mass is 10.0. The zero-order chi connectivity index (χ0) is 11.8. The van der Waals surface area contributed by atoms with Gasteiger partial charge < -0.3 is 14.8 Å². The molecule has 0 saturated heterocycles. The van der Waals surface area contributed by atoms with E-state index in [4.69, 9.17) is 9.52 Å². The van der Waals surface area contributed by atoms with Crippen molar-refractivity contribution >= 4 is 6.09 Å². The molecule has 0 atom stereocenters. The molecular formula is C10H15N3O3. The summed E-state index contributed by atoms with van der Waals surface area (Å²) in [6, 6.07) is 0. The van der Waals surface area contributed by atoms with Crippen LogP contribution >= 0.6 is 0 Å². The van der Waals surface area contributed by atoms with Gasteiger partial charge in [-0.25, -0.2) is 4.79 Å². The molecule has 1 aliphatic rings. The number of amides is 1. The van der Waals surface area contributed by atoms with Crippen molar-refractivity contribution < 1.29 is 14.3 Å². The first-order chi connectivity index (χ1) is 7.46. The number of aromatic nitrogens is 2. The first-order valence-electron chi connectivity index (χ1n) is 5.30. The van der Waals surface area contributed by atoms with Gasteiger partial charge in [0.25, 0.3) is 0 Å². The number of carbonyl (C=O) groups is 1. The van der Waals surface area contributed by atoms with E-state index < -0.39 is 11.6 Å². The highest BCUT2D eigenvalue weighted by molar-refractivity contribution is 5.65. The molecule has 1 aliphatic carbocycles. The predicted molar refractivity (Wildman–Crippen MR) is 55.2 cm³/mol. The maximum absolute atomic E-state index is 10.6. The fourth-order valence-corrected chi connectivity index (χ4v) is 1.55. The molecule has 1 aromatic heterocycles. The van der Waals surface area contributed by atoms with Gasteiger partial charge in [0, 0.05) is 17.9 Å². The minimum absolute atomic E-state index is 0.402. The number of hydrogen-bond donors (Lipinski definition) is 2. The average Bonchev–Trinajstić information content (AvgIpc) is 2.86. The molecule has 6 heteroatoms. The van der Waals surface area contributed by atoms with Crippen LogP contribution in [-0.2, 0) is 6.42 Å². The summed E-state index contributed by atoms with van der Waals surface area (Å²) in [7, 11) is 0. The minimum atomic E-state index is -1.05. The van der Waals surface area contributed by atoms with E-state index in [-0.39, 0.29) is 0 Å².